The summed E-state index contributed by atoms with van der Waals surface area (Å²) in [5.74, 6) is 0. The summed E-state index contributed by atoms with van der Waals surface area (Å²) in [7, 11) is -2.52. The van der Waals surface area contributed by atoms with Gasteiger partial charge < -0.3 is 5.73 Å². The second-order valence-corrected chi connectivity index (χ2v) is 3.60. The first-order valence-corrected chi connectivity index (χ1v) is 5.42. The Kier molecular flexibility index (Phi) is 4.70. The van der Waals surface area contributed by atoms with Gasteiger partial charge in [0.05, 0.1) is 0 Å². The largest absolute Gasteiger partial charge is 0.695 e. The lowest BCUT2D eigenvalue weighted by atomic mass is 10.1. The molecule has 76 valence electrons. The van der Waals surface area contributed by atoms with Gasteiger partial charge in [0.1, 0.15) is 6.61 Å². The highest BCUT2D eigenvalue weighted by atomic mass is 31.1. The minimum atomic E-state index is -2.52. The predicted molar refractivity (Wildman–Crippen MR) is 53.8 cm³/mol. The molecule has 0 radical (unpaired) electrons. The van der Waals surface area contributed by atoms with Crippen LogP contribution in [0.1, 0.15) is 11.1 Å². The van der Waals surface area contributed by atoms with Gasteiger partial charge >= 0.3 is 8.25 Å². The molecule has 14 heavy (non-hydrogen) atoms. The third kappa shape index (κ3) is 3.94. The van der Waals surface area contributed by atoms with Crippen LogP contribution in [0.4, 0.5) is 0 Å². The fourth-order valence-corrected chi connectivity index (χ4v) is 1.43. The fourth-order valence-electron chi connectivity index (χ4n) is 1.17. The molecule has 3 N–H and O–H groups in total. The normalized spacial score (nSPS) is 11.4. The van der Waals surface area contributed by atoms with Gasteiger partial charge in [-0.3, -0.25) is 0 Å². The van der Waals surface area contributed by atoms with Crippen molar-refractivity contribution in [1.82, 2.24) is 0 Å². The van der Waals surface area contributed by atoms with Gasteiger partial charge in [-0.05, 0) is 24.1 Å². The molecule has 0 bridgehead atoms. The van der Waals surface area contributed by atoms with Crippen molar-refractivity contribution in [2.24, 2.45) is 5.73 Å². The number of rotatable bonds is 5. The highest BCUT2D eigenvalue weighted by Crippen LogP contribution is 2.18. The van der Waals surface area contributed by atoms with Crippen molar-refractivity contribution in [3.05, 3.63) is 35.4 Å². The Morgan fingerprint density at radius 1 is 1.43 bits per heavy atom. The van der Waals surface area contributed by atoms with Crippen molar-refractivity contribution in [3.8, 4) is 0 Å². The van der Waals surface area contributed by atoms with Crippen molar-refractivity contribution >= 4 is 8.25 Å². The van der Waals surface area contributed by atoms with Gasteiger partial charge in [0.2, 0.25) is 0 Å². The molecule has 1 aromatic carbocycles. The summed E-state index contributed by atoms with van der Waals surface area (Å²) in [5, 5.41) is 0. The predicted octanol–water partition coefficient (Wildman–Crippen LogP) is 1.35. The summed E-state index contributed by atoms with van der Waals surface area (Å²) < 4.78 is 14.9. The molecule has 0 heterocycles. The molecule has 0 aromatic heterocycles. The lowest BCUT2D eigenvalue weighted by molar-refractivity contribution is 0.272. The van der Waals surface area contributed by atoms with Crippen LogP contribution in [-0.2, 0) is 22.1 Å². The maximum absolute atomic E-state index is 10.3. The molecule has 0 amide bonds. The zero-order chi connectivity index (χ0) is 10.4. The highest BCUT2D eigenvalue weighted by molar-refractivity contribution is 7.32. The van der Waals surface area contributed by atoms with Crippen molar-refractivity contribution in [1.29, 1.82) is 0 Å². The lowest BCUT2D eigenvalue weighted by Crippen LogP contribution is -2.02. The van der Waals surface area contributed by atoms with Crippen LogP contribution in [0.15, 0.2) is 24.3 Å². The SMILES string of the molecule is NCCc1cccc(CO[P+](=O)O)c1. The van der Waals surface area contributed by atoms with E-state index < -0.39 is 8.25 Å². The fraction of sp³-hybridized carbons (Fsp3) is 0.333. The number of benzene rings is 1. The van der Waals surface area contributed by atoms with E-state index in [1.807, 2.05) is 24.3 Å². The molecule has 5 heteroatoms. The summed E-state index contributed by atoms with van der Waals surface area (Å²) in [6, 6.07) is 7.62. The lowest BCUT2D eigenvalue weighted by Gasteiger charge is -2.00. The maximum atomic E-state index is 10.3. The van der Waals surface area contributed by atoms with Gasteiger partial charge in [-0.25, -0.2) is 0 Å². The molecule has 0 fully saturated rings. The Bertz CT molecular complexity index is 317. The van der Waals surface area contributed by atoms with Crippen LogP contribution in [0.2, 0.25) is 0 Å². The van der Waals surface area contributed by atoms with E-state index in [4.69, 9.17) is 10.6 Å². The van der Waals surface area contributed by atoms with Crippen molar-refractivity contribution in [3.63, 3.8) is 0 Å². The molecule has 1 rings (SSSR count). The Labute approximate surface area is 83.7 Å². The van der Waals surface area contributed by atoms with Crippen molar-refractivity contribution in [2.75, 3.05) is 6.54 Å². The average Bonchev–Trinajstić information content (AvgIpc) is 2.16. The van der Waals surface area contributed by atoms with Gasteiger partial charge in [0, 0.05) is 4.57 Å². The third-order valence-corrected chi connectivity index (χ3v) is 2.12. The summed E-state index contributed by atoms with van der Waals surface area (Å²) in [4.78, 5) is 8.45. The van der Waals surface area contributed by atoms with Gasteiger partial charge in [-0.1, -0.05) is 24.3 Å². The highest BCUT2D eigenvalue weighted by Gasteiger charge is 2.11. The van der Waals surface area contributed by atoms with Gasteiger partial charge in [-0.15, -0.1) is 9.42 Å². The van der Waals surface area contributed by atoms with E-state index >= 15 is 0 Å². The Hall–Kier alpha value is -0.800. The van der Waals surface area contributed by atoms with Crippen LogP contribution in [0.5, 0.6) is 0 Å². The second-order valence-electron chi connectivity index (χ2n) is 2.87. The minimum absolute atomic E-state index is 0.157. The standard InChI is InChI=1S/C9H12NO3P/c10-5-4-8-2-1-3-9(6-8)7-13-14(11)12/h1-3,6H,4-5,7,10H2/p+1. The molecule has 0 aliphatic heterocycles. The maximum Gasteiger partial charge on any atom is 0.695 e. The zero-order valence-electron chi connectivity index (χ0n) is 7.72. The third-order valence-electron chi connectivity index (χ3n) is 1.77. The van der Waals surface area contributed by atoms with Gasteiger partial charge in [0.15, 0.2) is 0 Å². The second kappa shape index (κ2) is 5.83. The molecule has 0 aliphatic rings. The molecule has 1 unspecified atom stereocenters. The van der Waals surface area contributed by atoms with Crippen LogP contribution in [0.25, 0.3) is 0 Å². The van der Waals surface area contributed by atoms with Crippen LogP contribution < -0.4 is 5.73 Å². The first-order chi connectivity index (χ1) is 6.72. The van der Waals surface area contributed by atoms with E-state index in [9.17, 15) is 4.57 Å². The van der Waals surface area contributed by atoms with Crippen LogP contribution in [0.3, 0.4) is 0 Å². The number of nitrogens with two attached hydrogens (primary N) is 1. The first kappa shape index (κ1) is 11.3. The molecule has 0 aliphatic carbocycles. The summed E-state index contributed by atoms with van der Waals surface area (Å²) in [5.41, 5.74) is 7.41. The molecule has 1 atom stereocenters. The van der Waals surface area contributed by atoms with E-state index in [0.717, 1.165) is 17.5 Å². The Morgan fingerprint density at radius 3 is 2.79 bits per heavy atom. The van der Waals surface area contributed by atoms with E-state index in [0.29, 0.717) is 6.54 Å². The van der Waals surface area contributed by atoms with Crippen LogP contribution in [-0.4, -0.2) is 11.4 Å². The molecular weight excluding hydrogens is 201 g/mol. The topological polar surface area (TPSA) is 72.5 Å². The number of hydrogen-bond donors (Lipinski definition) is 2. The molecule has 0 spiro atoms. The molecule has 0 saturated carbocycles. The van der Waals surface area contributed by atoms with Crippen LogP contribution >= 0.6 is 8.25 Å². The summed E-state index contributed by atoms with van der Waals surface area (Å²) in [6.07, 6.45) is 0.805. The quantitative estimate of drug-likeness (QED) is 0.726. The average molecular weight is 214 g/mol. The van der Waals surface area contributed by atoms with Gasteiger partial charge in [0.25, 0.3) is 0 Å². The smallest absolute Gasteiger partial charge is 0.330 e. The van der Waals surface area contributed by atoms with Crippen LogP contribution in [0, 0.1) is 0 Å². The van der Waals surface area contributed by atoms with E-state index in [1.54, 1.807) is 0 Å². The Balaban J connectivity index is 2.58. The Morgan fingerprint density at radius 2 is 2.14 bits per heavy atom. The monoisotopic (exact) mass is 214 g/mol. The first-order valence-electron chi connectivity index (χ1n) is 4.29. The van der Waals surface area contributed by atoms with Crippen molar-refractivity contribution < 1.29 is 14.0 Å². The van der Waals surface area contributed by atoms with Crippen molar-refractivity contribution in [2.45, 2.75) is 13.0 Å². The summed E-state index contributed by atoms with van der Waals surface area (Å²) >= 11 is 0. The molecule has 1 aromatic rings. The molecular formula is C9H13NO3P+. The zero-order valence-corrected chi connectivity index (χ0v) is 8.61. The van der Waals surface area contributed by atoms with E-state index in [-0.39, 0.29) is 6.61 Å². The molecule has 0 saturated heterocycles. The number of hydrogen-bond acceptors (Lipinski definition) is 3. The minimum Gasteiger partial charge on any atom is -0.330 e. The van der Waals surface area contributed by atoms with E-state index in [2.05, 4.69) is 4.52 Å². The molecule has 4 nitrogen and oxygen atoms in total. The van der Waals surface area contributed by atoms with Gasteiger partial charge in [-0.2, -0.15) is 0 Å². The summed E-state index contributed by atoms with van der Waals surface area (Å²) in [6.45, 7) is 0.753. The van der Waals surface area contributed by atoms with E-state index in [1.165, 1.54) is 0 Å².